The van der Waals surface area contributed by atoms with Crippen molar-refractivity contribution in [2.24, 2.45) is 17.1 Å². The first-order chi connectivity index (χ1) is 8.58. The molecule has 0 radical (unpaired) electrons. The third-order valence-electron chi connectivity index (χ3n) is 4.59. The summed E-state index contributed by atoms with van der Waals surface area (Å²) in [6.07, 6.45) is 6.18. The minimum Gasteiger partial charge on any atom is -0.330 e. The predicted molar refractivity (Wildman–Crippen MR) is 79.0 cm³/mol. The first kappa shape index (κ1) is 13.9. The first-order valence-corrected chi connectivity index (χ1v) is 7.41. The third-order valence-corrected chi connectivity index (χ3v) is 4.94. The summed E-state index contributed by atoms with van der Waals surface area (Å²) < 4.78 is 0. The van der Waals surface area contributed by atoms with Crippen LogP contribution in [0.5, 0.6) is 0 Å². The zero-order chi connectivity index (χ0) is 13.2. The molecule has 1 aromatic rings. The molecule has 0 aliphatic heterocycles. The van der Waals surface area contributed by atoms with Crippen molar-refractivity contribution in [2.45, 2.75) is 46.0 Å². The standard InChI is InChI=1S/C16H24ClN/c1-3-13-6-7-16(9-13,11-18)10-14-5-4-12(2)8-15(14)17/h4-5,8,13H,3,6-7,9-11,18H2,1-2H3. The number of halogens is 1. The van der Waals surface area contributed by atoms with Crippen LogP contribution < -0.4 is 5.73 Å². The lowest BCUT2D eigenvalue weighted by atomic mass is 9.79. The molecule has 2 N–H and O–H groups in total. The van der Waals surface area contributed by atoms with Crippen LogP contribution in [0.1, 0.15) is 43.7 Å². The molecule has 18 heavy (non-hydrogen) atoms. The van der Waals surface area contributed by atoms with Crippen LogP contribution >= 0.6 is 11.6 Å². The van der Waals surface area contributed by atoms with Crippen LogP contribution in [0.15, 0.2) is 18.2 Å². The van der Waals surface area contributed by atoms with Crippen LogP contribution in [-0.2, 0) is 6.42 Å². The van der Waals surface area contributed by atoms with E-state index < -0.39 is 0 Å². The van der Waals surface area contributed by atoms with E-state index in [2.05, 4.69) is 32.0 Å². The number of nitrogens with two attached hydrogens (primary N) is 1. The highest BCUT2D eigenvalue weighted by atomic mass is 35.5. The Morgan fingerprint density at radius 1 is 1.44 bits per heavy atom. The molecule has 0 bridgehead atoms. The van der Waals surface area contributed by atoms with Crippen molar-refractivity contribution < 1.29 is 0 Å². The number of rotatable bonds is 4. The minimum atomic E-state index is 0.291. The molecule has 1 saturated carbocycles. The number of aryl methyl sites for hydroxylation is 1. The summed E-state index contributed by atoms with van der Waals surface area (Å²) in [6, 6.07) is 6.39. The summed E-state index contributed by atoms with van der Waals surface area (Å²) in [5.41, 5.74) is 8.86. The van der Waals surface area contributed by atoms with Crippen LogP contribution in [0.2, 0.25) is 5.02 Å². The molecule has 100 valence electrons. The molecule has 0 amide bonds. The van der Waals surface area contributed by atoms with Gasteiger partial charge in [-0.25, -0.2) is 0 Å². The molecule has 1 aromatic carbocycles. The van der Waals surface area contributed by atoms with E-state index in [0.29, 0.717) is 5.41 Å². The average molecular weight is 266 g/mol. The van der Waals surface area contributed by atoms with Gasteiger partial charge in [0.25, 0.3) is 0 Å². The lowest BCUT2D eigenvalue weighted by molar-refractivity contribution is 0.291. The van der Waals surface area contributed by atoms with E-state index >= 15 is 0 Å². The average Bonchev–Trinajstić information content (AvgIpc) is 2.77. The monoisotopic (exact) mass is 265 g/mol. The van der Waals surface area contributed by atoms with Gasteiger partial charge in [0.15, 0.2) is 0 Å². The summed E-state index contributed by atoms with van der Waals surface area (Å²) in [6.45, 7) is 5.15. The maximum absolute atomic E-state index is 6.36. The van der Waals surface area contributed by atoms with Gasteiger partial charge in [0.05, 0.1) is 0 Å². The minimum absolute atomic E-state index is 0.291. The Morgan fingerprint density at radius 2 is 2.22 bits per heavy atom. The molecule has 1 aliphatic rings. The van der Waals surface area contributed by atoms with Crippen molar-refractivity contribution in [3.8, 4) is 0 Å². The Morgan fingerprint density at radius 3 is 2.78 bits per heavy atom. The van der Waals surface area contributed by atoms with E-state index in [1.165, 1.54) is 36.8 Å². The molecule has 1 nitrogen and oxygen atoms in total. The Hall–Kier alpha value is -0.530. The fraction of sp³-hybridized carbons (Fsp3) is 0.625. The highest BCUT2D eigenvalue weighted by Crippen LogP contribution is 2.45. The summed E-state index contributed by atoms with van der Waals surface area (Å²) in [5, 5.41) is 0.905. The highest BCUT2D eigenvalue weighted by molar-refractivity contribution is 6.31. The number of benzene rings is 1. The van der Waals surface area contributed by atoms with Crippen LogP contribution in [0, 0.1) is 18.3 Å². The van der Waals surface area contributed by atoms with Gasteiger partial charge in [0.2, 0.25) is 0 Å². The van der Waals surface area contributed by atoms with E-state index in [9.17, 15) is 0 Å². The van der Waals surface area contributed by atoms with Crippen molar-refractivity contribution >= 4 is 11.6 Å². The zero-order valence-corrected chi connectivity index (χ0v) is 12.3. The van der Waals surface area contributed by atoms with E-state index in [1.54, 1.807) is 0 Å². The maximum atomic E-state index is 6.36. The van der Waals surface area contributed by atoms with Gasteiger partial charge in [-0.3, -0.25) is 0 Å². The van der Waals surface area contributed by atoms with Crippen LogP contribution in [-0.4, -0.2) is 6.54 Å². The fourth-order valence-electron chi connectivity index (χ4n) is 3.29. The third kappa shape index (κ3) is 2.89. The van der Waals surface area contributed by atoms with E-state index in [1.807, 2.05) is 0 Å². The van der Waals surface area contributed by atoms with Gasteiger partial charge < -0.3 is 5.73 Å². The molecule has 2 atom stereocenters. The Balaban J connectivity index is 2.16. The van der Waals surface area contributed by atoms with E-state index in [0.717, 1.165) is 23.9 Å². The van der Waals surface area contributed by atoms with Gasteiger partial charge >= 0.3 is 0 Å². The maximum Gasteiger partial charge on any atom is 0.0440 e. The molecule has 1 aliphatic carbocycles. The Bertz CT molecular complexity index is 416. The summed E-state index contributed by atoms with van der Waals surface area (Å²) in [4.78, 5) is 0. The van der Waals surface area contributed by atoms with Crippen LogP contribution in [0.4, 0.5) is 0 Å². The Kier molecular flexibility index (Phi) is 4.34. The second-order valence-corrected chi connectivity index (χ2v) is 6.40. The van der Waals surface area contributed by atoms with Gasteiger partial charge in [0.1, 0.15) is 0 Å². The second kappa shape index (κ2) is 5.63. The quantitative estimate of drug-likeness (QED) is 0.861. The van der Waals surface area contributed by atoms with E-state index in [-0.39, 0.29) is 0 Å². The number of hydrogen-bond donors (Lipinski definition) is 1. The van der Waals surface area contributed by atoms with Crippen molar-refractivity contribution in [3.05, 3.63) is 34.3 Å². The Labute approximate surface area is 116 Å². The first-order valence-electron chi connectivity index (χ1n) is 7.03. The predicted octanol–water partition coefficient (Wildman–Crippen LogP) is 4.35. The SMILES string of the molecule is CCC1CCC(CN)(Cc2ccc(C)cc2Cl)C1. The fourth-order valence-corrected chi connectivity index (χ4v) is 3.60. The van der Waals surface area contributed by atoms with Gasteiger partial charge in [-0.2, -0.15) is 0 Å². The topological polar surface area (TPSA) is 26.0 Å². The number of hydrogen-bond acceptors (Lipinski definition) is 1. The highest BCUT2D eigenvalue weighted by Gasteiger charge is 2.37. The van der Waals surface area contributed by atoms with Crippen molar-refractivity contribution in [1.82, 2.24) is 0 Å². The molecular weight excluding hydrogens is 242 g/mol. The van der Waals surface area contributed by atoms with Crippen LogP contribution in [0.25, 0.3) is 0 Å². The van der Waals surface area contributed by atoms with E-state index in [4.69, 9.17) is 17.3 Å². The summed E-state index contributed by atoms with van der Waals surface area (Å²) in [5.74, 6) is 0.859. The molecule has 2 rings (SSSR count). The van der Waals surface area contributed by atoms with Crippen molar-refractivity contribution in [1.29, 1.82) is 0 Å². The molecule has 2 heteroatoms. The molecule has 0 saturated heterocycles. The van der Waals surface area contributed by atoms with Crippen LogP contribution in [0.3, 0.4) is 0 Å². The lowest BCUT2D eigenvalue weighted by Gasteiger charge is -2.28. The molecular formula is C16H24ClN. The van der Waals surface area contributed by atoms with Gasteiger partial charge in [-0.15, -0.1) is 0 Å². The molecule has 0 spiro atoms. The molecule has 2 unspecified atom stereocenters. The second-order valence-electron chi connectivity index (χ2n) is 5.99. The summed E-state index contributed by atoms with van der Waals surface area (Å²) in [7, 11) is 0. The zero-order valence-electron chi connectivity index (χ0n) is 11.5. The summed E-state index contributed by atoms with van der Waals surface area (Å²) >= 11 is 6.36. The van der Waals surface area contributed by atoms with Crippen molar-refractivity contribution in [3.63, 3.8) is 0 Å². The molecule has 0 aromatic heterocycles. The largest absolute Gasteiger partial charge is 0.330 e. The smallest absolute Gasteiger partial charge is 0.0440 e. The molecule has 0 heterocycles. The normalized spacial score (nSPS) is 27.7. The lowest BCUT2D eigenvalue weighted by Crippen LogP contribution is -2.30. The van der Waals surface area contributed by atoms with Crippen molar-refractivity contribution in [2.75, 3.05) is 6.54 Å². The van der Waals surface area contributed by atoms with Gasteiger partial charge in [-0.1, -0.05) is 37.1 Å². The molecule has 1 fully saturated rings. The van der Waals surface area contributed by atoms with Gasteiger partial charge in [0, 0.05) is 5.02 Å². The van der Waals surface area contributed by atoms with Gasteiger partial charge in [-0.05, 0) is 67.7 Å².